The number of nitrogens with zero attached hydrogens (tertiary/aromatic N) is 1. The van der Waals surface area contributed by atoms with E-state index in [1.54, 1.807) is 11.3 Å². The molecule has 0 radical (unpaired) electrons. The van der Waals surface area contributed by atoms with Crippen LogP contribution < -0.4 is 15.1 Å². The molecule has 0 unspecified atom stereocenters. The molecule has 0 spiro atoms. The van der Waals surface area contributed by atoms with Crippen LogP contribution in [0.2, 0.25) is 5.02 Å². The number of thiophene rings is 1. The molecule has 1 aliphatic heterocycles. The molecule has 1 fully saturated rings. The van der Waals surface area contributed by atoms with Crippen molar-refractivity contribution in [1.29, 1.82) is 0 Å². The average molecular weight is 379 g/mol. The zero-order valence-corrected chi connectivity index (χ0v) is 16.1. The van der Waals surface area contributed by atoms with Gasteiger partial charge >= 0.3 is 0 Å². The third-order valence-electron chi connectivity index (χ3n) is 4.84. The predicted molar refractivity (Wildman–Crippen MR) is 105 cm³/mol. The molecule has 4 nitrogen and oxygen atoms in total. The Morgan fingerprint density at radius 1 is 1.32 bits per heavy atom. The van der Waals surface area contributed by atoms with E-state index in [2.05, 4.69) is 27.7 Å². The van der Waals surface area contributed by atoms with Crippen molar-refractivity contribution in [3.8, 4) is 0 Å². The third-order valence-corrected chi connectivity index (χ3v) is 6.01. The Bertz CT molecular complexity index is 684. The van der Waals surface area contributed by atoms with E-state index in [0.29, 0.717) is 6.54 Å². The quantitative estimate of drug-likeness (QED) is 0.805. The van der Waals surface area contributed by atoms with Crippen molar-refractivity contribution in [3.63, 3.8) is 0 Å². The molecule has 2 aromatic rings. The van der Waals surface area contributed by atoms with Gasteiger partial charge < -0.3 is 15.1 Å². The summed E-state index contributed by atoms with van der Waals surface area (Å²) in [4.78, 5) is 17.4. The van der Waals surface area contributed by atoms with Gasteiger partial charge in [0.15, 0.2) is 6.04 Å². The number of anilines is 1. The molecule has 1 aromatic carbocycles. The molecule has 0 aliphatic carbocycles. The number of hydrogen-bond donors (Lipinski definition) is 2. The number of quaternary nitrogens is 1. The minimum atomic E-state index is -0.00940. The zero-order valence-electron chi connectivity index (χ0n) is 14.5. The van der Waals surface area contributed by atoms with Gasteiger partial charge in [-0.25, -0.2) is 0 Å². The number of piperazine rings is 1. The van der Waals surface area contributed by atoms with Crippen molar-refractivity contribution in [1.82, 2.24) is 5.32 Å². The van der Waals surface area contributed by atoms with Crippen molar-refractivity contribution in [2.75, 3.05) is 37.6 Å². The Kier molecular flexibility index (Phi) is 6.34. The molecular formula is C19H25ClN3OS+. The summed E-state index contributed by atoms with van der Waals surface area (Å²) in [6.45, 7) is 6.57. The Balaban J connectivity index is 1.44. The lowest BCUT2D eigenvalue weighted by Gasteiger charge is -2.36. The second-order valence-electron chi connectivity index (χ2n) is 6.47. The Labute approximate surface area is 158 Å². The standard InChI is InChI=1S/C19H24ClN3OS/c1-15(19(24)21-8-7-18-6-3-13-25-18)22-9-11-23(12-10-22)17-5-2-4-16(20)14-17/h2-6,13-15H,7-12H2,1H3,(H,21,24)/p+1/t15-/m1/s1. The molecule has 1 aromatic heterocycles. The number of carbonyl (C=O) groups excluding carboxylic acids is 1. The van der Waals surface area contributed by atoms with Crippen LogP contribution in [0.5, 0.6) is 0 Å². The highest BCUT2D eigenvalue weighted by atomic mass is 35.5. The number of nitrogens with one attached hydrogen (secondary N) is 2. The predicted octanol–water partition coefficient (Wildman–Crippen LogP) is 1.85. The van der Waals surface area contributed by atoms with E-state index in [1.165, 1.54) is 15.5 Å². The molecule has 25 heavy (non-hydrogen) atoms. The van der Waals surface area contributed by atoms with E-state index in [0.717, 1.165) is 37.6 Å². The zero-order chi connectivity index (χ0) is 17.6. The molecule has 1 atom stereocenters. The number of rotatable bonds is 6. The van der Waals surface area contributed by atoms with Gasteiger partial charge in [0, 0.05) is 22.1 Å². The Morgan fingerprint density at radius 3 is 2.80 bits per heavy atom. The summed E-state index contributed by atoms with van der Waals surface area (Å²) in [6, 6.07) is 12.1. The van der Waals surface area contributed by atoms with Crippen molar-refractivity contribution in [2.24, 2.45) is 0 Å². The third kappa shape index (κ3) is 4.97. The van der Waals surface area contributed by atoms with Crippen molar-refractivity contribution in [3.05, 3.63) is 51.7 Å². The SMILES string of the molecule is C[C@H](C(=O)NCCc1cccs1)[NH+]1CCN(c2cccc(Cl)c2)CC1. The molecule has 2 N–H and O–H groups in total. The first-order chi connectivity index (χ1) is 12.1. The van der Waals surface area contributed by atoms with Crippen LogP contribution in [0.1, 0.15) is 11.8 Å². The van der Waals surface area contributed by atoms with Crippen LogP contribution in [0, 0.1) is 0 Å². The van der Waals surface area contributed by atoms with Gasteiger partial charge in [0.05, 0.1) is 26.2 Å². The maximum atomic E-state index is 12.4. The monoisotopic (exact) mass is 378 g/mol. The first-order valence-electron chi connectivity index (χ1n) is 8.78. The van der Waals surface area contributed by atoms with Crippen LogP contribution >= 0.6 is 22.9 Å². The average Bonchev–Trinajstić information content (AvgIpc) is 3.14. The fourth-order valence-electron chi connectivity index (χ4n) is 3.26. The summed E-state index contributed by atoms with van der Waals surface area (Å²) < 4.78 is 0. The van der Waals surface area contributed by atoms with E-state index in [4.69, 9.17) is 11.6 Å². The number of carbonyl (C=O) groups is 1. The molecule has 1 amide bonds. The molecule has 6 heteroatoms. The summed E-state index contributed by atoms with van der Waals surface area (Å²) in [6.07, 6.45) is 0.911. The highest BCUT2D eigenvalue weighted by Gasteiger charge is 2.29. The van der Waals surface area contributed by atoms with Gasteiger partial charge in [-0.1, -0.05) is 23.7 Å². The van der Waals surface area contributed by atoms with Gasteiger partial charge in [-0.3, -0.25) is 4.79 Å². The first kappa shape index (κ1) is 18.2. The van der Waals surface area contributed by atoms with Gasteiger partial charge in [0.25, 0.3) is 5.91 Å². The van der Waals surface area contributed by atoms with Crippen molar-refractivity contribution < 1.29 is 9.69 Å². The molecule has 0 bridgehead atoms. The first-order valence-corrected chi connectivity index (χ1v) is 10.0. The highest BCUT2D eigenvalue weighted by molar-refractivity contribution is 7.09. The molecule has 0 saturated carbocycles. The van der Waals surface area contributed by atoms with Gasteiger partial charge in [0.1, 0.15) is 0 Å². The lowest BCUT2D eigenvalue weighted by atomic mass is 10.2. The number of hydrogen-bond acceptors (Lipinski definition) is 3. The molecule has 134 valence electrons. The Hall–Kier alpha value is -1.56. The van der Waals surface area contributed by atoms with E-state index >= 15 is 0 Å². The van der Waals surface area contributed by atoms with Crippen LogP contribution in [0.15, 0.2) is 41.8 Å². The van der Waals surface area contributed by atoms with Gasteiger partial charge in [0.2, 0.25) is 0 Å². The van der Waals surface area contributed by atoms with Crippen LogP contribution in [-0.2, 0) is 11.2 Å². The van der Waals surface area contributed by atoms with Crippen LogP contribution in [-0.4, -0.2) is 44.7 Å². The fourth-order valence-corrected chi connectivity index (χ4v) is 4.15. The second kappa shape index (κ2) is 8.70. The van der Waals surface area contributed by atoms with Gasteiger partial charge in [-0.15, -0.1) is 11.3 Å². The summed E-state index contributed by atoms with van der Waals surface area (Å²) in [5, 5.41) is 5.93. The molecule has 1 aliphatic rings. The van der Waals surface area contributed by atoms with Crippen LogP contribution in [0.25, 0.3) is 0 Å². The van der Waals surface area contributed by atoms with E-state index < -0.39 is 0 Å². The van der Waals surface area contributed by atoms with E-state index in [9.17, 15) is 4.79 Å². The topological polar surface area (TPSA) is 36.8 Å². The normalized spacial score (nSPS) is 16.6. The summed E-state index contributed by atoms with van der Waals surface area (Å²) in [7, 11) is 0. The lowest BCUT2D eigenvalue weighted by molar-refractivity contribution is -0.914. The fraction of sp³-hybridized carbons (Fsp3) is 0.421. The van der Waals surface area contributed by atoms with E-state index in [1.807, 2.05) is 31.2 Å². The molecule has 3 rings (SSSR count). The summed E-state index contributed by atoms with van der Waals surface area (Å²) >= 11 is 7.82. The maximum Gasteiger partial charge on any atom is 0.278 e. The second-order valence-corrected chi connectivity index (χ2v) is 7.94. The minimum absolute atomic E-state index is 0.00940. The van der Waals surface area contributed by atoms with Gasteiger partial charge in [-0.05, 0) is 43.0 Å². The van der Waals surface area contributed by atoms with Crippen molar-refractivity contribution >= 4 is 34.5 Å². The van der Waals surface area contributed by atoms with Gasteiger partial charge in [-0.2, -0.15) is 0 Å². The summed E-state index contributed by atoms with van der Waals surface area (Å²) in [5.41, 5.74) is 1.17. The largest absolute Gasteiger partial charge is 0.360 e. The number of halogens is 1. The summed E-state index contributed by atoms with van der Waals surface area (Å²) in [5.74, 6) is 0.155. The smallest absolute Gasteiger partial charge is 0.278 e. The number of amides is 1. The highest BCUT2D eigenvalue weighted by Crippen LogP contribution is 2.19. The molecular weight excluding hydrogens is 354 g/mol. The lowest BCUT2D eigenvalue weighted by Crippen LogP contribution is -3.19. The Morgan fingerprint density at radius 2 is 2.12 bits per heavy atom. The minimum Gasteiger partial charge on any atom is -0.360 e. The van der Waals surface area contributed by atoms with Crippen LogP contribution in [0.4, 0.5) is 5.69 Å². The maximum absolute atomic E-state index is 12.4. The van der Waals surface area contributed by atoms with E-state index in [-0.39, 0.29) is 11.9 Å². The molecule has 1 saturated heterocycles. The van der Waals surface area contributed by atoms with Crippen molar-refractivity contribution in [2.45, 2.75) is 19.4 Å². The number of benzene rings is 1. The molecule has 2 heterocycles. The van der Waals surface area contributed by atoms with Crippen LogP contribution in [0.3, 0.4) is 0 Å².